The van der Waals surface area contributed by atoms with Crippen molar-refractivity contribution in [2.75, 3.05) is 6.54 Å². The third kappa shape index (κ3) is 2.94. The summed E-state index contributed by atoms with van der Waals surface area (Å²) in [5.74, 6) is -1.83. The molecule has 0 heterocycles. The highest BCUT2D eigenvalue weighted by molar-refractivity contribution is 7.89. The Labute approximate surface area is 117 Å². The van der Waals surface area contributed by atoms with Crippen LogP contribution in [-0.2, 0) is 10.0 Å². The van der Waals surface area contributed by atoms with Crippen LogP contribution in [0.5, 0.6) is 5.75 Å². The van der Waals surface area contributed by atoms with Gasteiger partial charge in [0, 0.05) is 6.54 Å². The van der Waals surface area contributed by atoms with E-state index in [0.717, 1.165) is 31.4 Å². The molecule has 0 amide bonds. The summed E-state index contributed by atoms with van der Waals surface area (Å²) in [6, 6.07) is 3.22. The number of phenols is 1. The lowest BCUT2D eigenvalue weighted by atomic mass is 9.71. The fourth-order valence-corrected chi connectivity index (χ4v) is 3.39. The Morgan fingerprint density at radius 1 is 1.40 bits per heavy atom. The van der Waals surface area contributed by atoms with E-state index >= 15 is 0 Å². The van der Waals surface area contributed by atoms with Gasteiger partial charge in [0.1, 0.15) is 11.3 Å². The van der Waals surface area contributed by atoms with Gasteiger partial charge in [0.15, 0.2) is 0 Å². The normalized spacial score (nSPS) is 17.4. The maximum Gasteiger partial charge on any atom is 0.339 e. The Bertz CT molecular complexity index is 634. The molecular weight excluding hydrogens is 282 g/mol. The maximum absolute atomic E-state index is 12.1. The molecule has 3 N–H and O–H groups in total. The second kappa shape index (κ2) is 5.06. The van der Waals surface area contributed by atoms with Gasteiger partial charge in [0.25, 0.3) is 0 Å². The van der Waals surface area contributed by atoms with Crippen molar-refractivity contribution in [3.8, 4) is 5.75 Å². The van der Waals surface area contributed by atoms with E-state index in [1.807, 2.05) is 6.92 Å². The van der Waals surface area contributed by atoms with Gasteiger partial charge in [-0.25, -0.2) is 17.9 Å². The first-order valence-corrected chi connectivity index (χ1v) is 7.78. The number of aromatic carboxylic acids is 1. The van der Waals surface area contributed by atoms with Crippen molar-refractivity contribution >= 4 is 16.0 Å². The first kappa shape index (κ1) is 14.8. The van der Waals surface area contributed by atoms with Crippen LogP contribution in [0, 0.1) is 5.41 Å². The highest BCUT2D eigenvalue weighted by Gasteiger charge is 2.33. The number of hydrogen-bond acceptors (Lipinski definition) is 4. The summed E-state index contributed by atoms with van der Waals surface area (Å²) in [6.07, 6.45) is 3.05. The average Bonchev–Trinajstić information content (AvgIpc) is 2.34. The SMILES string of the molecule is CC1(CNS(=O)(=O)c2ccc(O)c(C(=O)O)c2)CCC1. The molecule has 7 heteroatoms. The number of carboxylic acid groups (broad SMARTS) is 1. The first-order valence-electron chi connectivity index (χ1n) is 6.30. The lowest BCUT2D eigenvalue weighted by Crippen LogP contribution is -2.39. The van der Waals surface area contributed by atoms with E-state index in [1.54, 1.807) is 0 Å². The van der Waals surface area contributed by atoms with Crippen molar-refractivity contribution in [3.05, 3.63) is 23.8 Å². The zero-order chi connectivity index (χ0) is 15.0. The Morgan fingerprint density at radius 3 is 2.55 bits per heavy atom. The van der Waals surface area contributed by atoms with Crippen molar-refractivity contribution in [1.82, 2.24) is 4.72 Å². The molecule has 110 valence electrons. The second-order valence-electron chi connectivity index (χ2n) is 5.47. The Kier molecular flexibility index (Phi) is 3.75. The molecule has 0 aliphatic heterocycles. The van der Waals surface area contributed by atoms with E-state index in [9.17, 15) is 18.3 Å². The molecule has 1 saturated carbocycles. The molecule has 0 aromatic heterocycles. The molecule has 20 heavy (non-hydrogen) atoms. The molecule has 0 bridgehead atoms. The number of nitrogens with one attached hydrogen (secondary N) is 1. The lowest BCUT2D eigenvalue weighted by Gasteiger charge is -2.38. The van der Waals surface area contributed by atoms with Gasteiger partial charge < -0.3 is 10.2 Å². The van der Waals surface area contributed by atoms with Gasteiger partial charge in [-0.1, -0.05) is 13.3 Å². The highest BCUT2D eigenvalue weighted by atomic mass is 32.2. The number of sulfonamides is 1. The van der Waals surface area contributed by atoms with E-state index in [2.05, 4.69) is 4.72 Å². The zero-order valence-corrected chi connectivity index (χ0v) is 11.9. The van der Waals surface area contributed by atoms with Crippen molar-refractivity contribution in [2.45, 2.75) is 31.1 Å². The molecular formula is C13H17NO5S. The summed E-state index contributed by atoms with van der Waals surface area (Å²) in [5.41, 5.74) is -0.442. The van der Waals surface area contributed by atoms with E-state index < -0.39 is 27.3 Å². The summed E-state index contributed by atoms with van der Waals surface area (Å²) >= 11 is 0. The molecule has 1 aromatic rings. The van der Waals surface area contributed by atoms with Gasteiger partial charge in [0.05, 0.1) is 4.90 Å². The van der Waals surface area contributed by atoms with E-state index in [1.165, 1.54) is 6.07 Å². The van der Waals surface area contributed by atoms with Gasteiger partial charge in [-0.15, -0.1) is 0 Å². The molecule has 1 aliphatic carbocycles. The first-order chi connectivity index (χ1) is 9.23. The smallest absolute Gasteiger partial charge is 0.339 e. The quantitative estimate of drug-likeness (QED) is 0.765. The minimum Gasteiger partial charge on any atom is -0.507 e. The van der Waals surface area contributed by atoms with E-state index in [4.69, 9.17) is 5.11 Å². The van der Waals surface area contributed by atoms with Gasteiger partial charge in [-0.2, -0.15) is 0 Å². The predicted octanol–water partition coefficient (Wildman–Crippen LogP) is 1.56. The summed E-state index contributed by atoms with van der Waals surface area (Å²) in [5, 5.41) is 18.3. The van der Waals surface area contributed by atoms with Crippen molar-refractivity contribution in [2.24, 2.45) is 5.41 Å². The van der Waals surface area contributed by atoms with Gasteiger partial charge in [-0.3, -0.25) is 0 Å². The molecule has 0 saturated heterocycles. The van der Waals surface area contributed by atoms with Crippen LogP contribution in [0.2, 0.25) is 0 Å². The maximum atomic E-state index is 12.1. The molecule has 0 atom stereocenters. The van der Waals surface area contributed by atoms with Crippen LogP contribution in [0.15, 0.2) is 23.1 Å². The monoisotopic (exact) mass is 299 g/mol. The molecule has 6 nitrogen and oxygen atoms in total. The number of carboxylic acids is 1. The van der Waals surface area contributed by atoms with Crippen LogP contribution in [0.1, 0.15) is 36.5 Å². The molecule has 0 unspecified atom stereocenters. The fraction of sp³-hybridized carbons (Fsp3) is 0.462. The predicted molar refractivity (Wildman–Crippen MR) is 72.2 cm³/mol. The van der Waals surface area contributed by atoms with Crippen LogP contribution in [-0.4, -0.2) is 31.1 Å². The number of benzene rings is 1. The summed E-state index contributed by atoms with van der Waals surface area (Å²) in [6.45, 7) is 2.34. The molecule has 2 rings (SSSR count). The largest absolute Gasteiger partial charge is 0.507 e. The molecule has 1 fully saturated rings. The van der Waals surface area contributed by atoms with Crippen LogP contribution >= 0.6 is 0 Å². The van der Waals surface area contributed by atoms with Gasteiger partial charge in [-0.05, 0) is 36.5 Å². The number of rotatable bonds is 5. The summed E-state index contributed by atoms with van der Waals surface area (Å²) in [4.78, 5) is 10.7. The minimum absolute atomic E-state index is 0.0143. The van der Waals surface area contributed by atoms with Crippen molar-refractivity contribution in [3.63, 3.8) is 0 Å². The molecule has 1 aromatic carbocycles. The van der Waals surface area contributed by atoms with Crippen LogP contribution in [0.25, 0.3) is 0 Å². The molecule has 1 aliphatic rings. The summed E-state index contributed by atoms with van der Waals surface area (Å²) < 4.78 is 26.7. The topological polar surface area (TPSA) is 104 Å². The number of hydrogen-bond donors (Lipinski definition) is 3. The highest BCUT2D eigenvalue weighted by Crippen LogP contribution is 2.39. The Hall–Kier alpha value is -1.60. The van der Waals surface area contributed by atoms with E-state index in [0.29, 0.717) is 6.54 Å². The lowest BCUT2D eigenvalue weighted by molar-refractivity contribution is 0.0693. The Morgan fingerprint density at radius 2 is 2.05 bits per heavy atom. The van der Waals surface area contributed by atoms with E-state index in [-0.39, 0.29) is 10.3 Å². The average molecular weight is 299 g/mol. The third-order valence-corrected chi connectivity index (χ3v) is 5.16. The van der Waals surface area contributed by atoms with Gasteiger partial charge in [0.2, 0.25) is 10.0 Å². The van der Waals surface area contributed by atoms with Gasteiger partial charge >= 0.3 is 5.97 Å². The standard InChI is InChI=1S/C13H17NO5S/c1-13(5-2-6-13)8-14-20(18,19)9-3-4-11(15)10(7-9)12(16)17/h3-4,7,14-15H,2,5-6,8H2,1H3,(H,16,17). The summed E-state index contributed by atoms with van der Waals surface area (Å²) in [7, 11) is -3.77. The zero-order valence-electron chi connectivity index (χ0n) is 11.1. The number of aromatic hydroxyl groups is 1. The number of carbonyl (C=O) groups is 1. The van der Waals surface area contributed by atoms with Crippen molar-refractivity contribution < 1.29 is 23.4 Å². The minimum atomic E-state index is -3.77. The molecule has 0 radical (unpaired) electrons. The van der Waals surface area contributed by atoms with Crippen molar-refractivity contribution in [1.29, 1.82) is 0 Å². The Balaban J connectivity index is 2.21. The second-order valence-corrected chi connectivity index (χ2v) is 7.24. The third-order valence-electron chi connectivity index (χ3n) is 3.76. The van der Waals surface area contributed by atoms with Crippen LogP contribution < -0.4 is 4.72 Å². The molecule has 0 spiro atoms. The fourth-order valence-electron chi connectivity index (χ4n) is 2.16. The van der Waals surface area contributed by atoms with Crippen LogP contribution in [0.3, 0.4) is 0 Å². The van der Waals surface area contributed by atoms with Crippen LogP contribution in [0.4, 0.5) is 0 Å².